The summed E-state index contributed by atoms with van der Waals surface area (Å²) in [6, 6.07) is 8.76. The van der Waals surface area contributed by atoms with Gasteiger partial charge in [0.2, 0.25) is 5.91 Å². The van der Waals surface area contributed by atoms with Gasteiger partial charge in [0.05, 0.1) is 0 Å². The van der Waals surface area contributed by atoms with Gasteiger partial charge in [0, 0.05) is 5.56 Å². The number of carbonyl (C=O) groups excluding carboxylic acids is 1. The van der Waals surface area contributed by atoms with Crippen LogP contribution in [0.15, 0.2) is 30.3 Å². The van der Waals surface area contributed by atoms with Gasteiger partial charge in [-0.3, -0.25) is 4.79 Å². The zero-order valence-electron chi connectivity index (χ0n) is 4.87. The fraction of sp³-hybridized carbons (Fsp3) is 0.125. The lowest BCUT2D eigenvalue weighted by molar-refractivity contribution is 0.100. The molecule has 0 aliphatic rings. The predicted octanol–water partition coefficient (Wildman–Crippen LogP) is 1.42. The molecule has 1 aromatic rings. The molecule has 0 radical (unpaired) electrons. The topological polar surface area (TPSA) is 43.1 Å². The quantitative estimate of drug-likeness (QED) is 0.625. The van der Waals surface area contributed by atoms with Crippen molar-refractivity contribution >= 4 is 5.91 Å². The lowest BCUT2D eigenvalue weighted by atomic mass is 10.2. The van der Waals surface area contributed by atoms with E-state index in [1.54, 1.807) is 24.3 Å². The van der Waals surface area contributed by atoms with E-state index in [4.69, 9.17) is 5.73 Å². The Morgan fingerprint density at radius 1 is 1.20 bits per heavy atom. The minimum absolute atomic E-state index is 0. The van der Waals surface area contributed by atoms with Crippen molar-refractivity contribution in [2.75, 3.05) is 0 Å². The van der Waals surface area contributed by atoms with E-state index in [0.717, 1.165) is 0 Å². The van der Waals surface area contributed by atoms with Crippen LogP contribution in [0.3, 0.4) is 0 Å². The number of amides is 1. The van der Waals surface area contributed by atoms with Crippen LogP contribution >= 0.6 is 0 Å². The second kappa shape index (κ2) is 3.67. The first-order chi connectivity index (χ1) is 4.30. The van der Waals surface area contributed by atoms with Crippen LogP contribution in [0.2, 0.25) is 0 Å². The monoisotopic (exact) mass is 137 g/mol. The SMILES string of the molecule is C.NC(=O)c1ccccc1. The van der Waals surface area contributed by atoms with Gasteiger partial charge < -0.3 is 5.73 Å². The Morgan fingerprint density at radius 3 is 2.00 bits per heavy atom. The number of nitrogens with two attached hydrogens (primary N) is 1. The van der Waals surface area contributed by atoms with E-state index in [2.05, 4.69) is 0 Å². The van der Waals surface area contributed by atoms with Crippen LogP contribution in [0.25, 0.3) is 0 Å². The van der Waals surface area contributed by atoms with Crippen LogP contribution in [-0.2, 0) is 0 Å². The van der Waals surface area contributed by atoms with E-state index in [0.29, 0.717) is 5.56 Å². The Morgan fingerprint density at radius 2 is 1.70 bits per heavy atom. The molecule has 2 heteroatoms. The van der Waals surface area contributed by atoms with E-state index < -0.39 is 0 Å². The summed E-state index contributed by atoms with van der Waals surface area (Å²) in [6.07, 6.45) is 0. The number of primary amides is 1. The van der Waals surface area contributed by atoms with Crippen molar-refractivity contribution in [3.63, 3.8) is 0 Å². The Labute approximate surface area is 60.7 Å². The zero-order valence-corrected chi connectivity index (χ0v) is 4.87. The first kappa shape index (κ1) is 8.69. The fourth-order valence-corrected chi connectivity index (χ4v) is 0.602. The van der Waals surface area contributed by atoms with Crippen molar-refractivity contribution in [2.45, 2.75) is 7.43 Å². The molecule has 54 valence electrons. The van der Waals surface area contributed by atoms with Gasteiger partial charge in [-0.25, -0.2) is 0 Å². The van der Waals surface area contributed by atoms with E-state index in [1.165, 1.54) is 0 Å². The maximum Gasteiger partial charge on any atom is 0.248 e. The summed E-state index contributed by atoms with van der Waals surface area (Å²) < 4.78 is 0. The Bertz CT molecular complexity index is 206. The van der Waals surface area contributed by atoms with Gasteiger partial charge in [0.1, 0.15) is 0 Å². The zero-order chi connectivity index (χ0) is 6.69. The first-order valence-electron chi connectivity index (χ1n) is 2.65. The van der Waals surface area contributed by atoms with Crippen molar-refractivity contribution in [1.29, 1.82) is 0 Å². The third-order valence-corrected chi connectivity index (χ3v) is 1.06. The van der Waals surface area contributed by atoms with Crippen molar-refractivity contribution in [3.8, 4) is 0 Å². The molecule has 0 aliphatic heterocycles. The molecular formula is C8H11NO. The van der Waals surface area contributed by atoms with Crippen molar-refractivity contribution in [3.05, 3.63) is 35.9 Å². The maximum absolute atomic E-state index is 10.4. The molecule has 1 amide bonds. The molecule has 0 saturated carbocycles. The summed E-state index contributed by atoms with van der Waals surface area (Å²) in [6.45, 7) is 0. The van der Waals surface area contributed by atoms with Crippen LogP contribution in [0.1, 0.15) is 17.8 Å². The van der Waals surface area contributed by atoms with Crippen molar-refractivity contribution < 1.29 is 4.79 Å². The standard InChI is InChI=1S/C7H7NO.CH4/c8-7(9)6-4-2-1-3-5-6;/h1-5H,(H2,8,9);1H4. The van der Waals surface area contributed by atoms with Crippen LogP contribution in [-0.4, -0.2) is 5.91 Å². The smallest absolute Gasteiger partial charge is 0.248 e. The summed E-state index contributed by atoms with van der Waals surface area (Å²) >= 11 is 0. The van der Waals surface area contributed by atoms with Gasteiger partial charge in [-0.1, -0.05) is 25.6 Å². The molecule has 0 spiro atoms. The lowest BCUT2D eigenvalue weighted by Crippen LogP contribution is -2.09. The third-order valence-electron chi connectivity index (χ3n) is 1.06. The average molecular weight is 137 g/mol. The second-order valence-electron chi connectivity index (χ2n) is 1.73. The highest BCUT2D eigenvalue weighted by atomic mass is 16.1. The average Bonchev–Trinajstić information content (AvgIpc) is 1.90. The van der Waals surface area contributed by atoms with E-state index in [9.17, 15) is 4.79 Å². The summed E-state index contributed by atoms with van der Waals surface area (Å²) in [4.78, 5) is 10.4. The fourth-order valence-electron chi connectivity index (χ4n) is 0.602. The van der Waals surface area contributed by atoms with Crippen molar-refractivity contribution in [2.24, 2.45) is 5.73 Å². The van der Waals surface area contributed by atoms with Crippen LogP contribution < -0.4 is 5.73 Å². The van der Waals surface area contributed by atoms with Gasteiger partial charge in [-0.05, 0) is 12.1 Å². The van der Waals surface area contributed by atoms with Crippen LogP contribution in [0.4, 0.5) is 0 Å². The normalized spacial score (nSPS) is 8.00. The molecule has 0 aromatic heterocycles. The minimum Gasteiger partial charge on any atom is -0.366 e. The first-order valence-corrected chi connectivity index (χ1v) is 2.65. The molecule has 1 rings (SSSR count). The molecular weight excluding hydrogens is 126 g/mol. The highest BCUT2D eigenvalue weighted by molar-refractivity contribution is 5.92. The number of benzene rings is 1. The van der Waals surface area contributed by atoms with E-state index >= 15 is 0 Å². The highest BCUT2D eigenvalue weighted by Gasteiger charge is 1.93. The van der Waals surface area contributed by atoms with E-state index in [-0.39, 0.29) is 13.3 Å². The minimum atomic E-state index is -0.379. The predicted molar refractivity (Wildman–Crippen MR) is 41.7 cm³/mol. The number of rotatable bonds is 1. The third kappa shape index (κ3) is 1.90. The largest absolute Gasteiger partial charge is 0.366 e. The molecule has 10 heavy (non-hydrogen) atoms. The highest BCUT2D eigenvalue weighted by Crippen LogP contribution is 1.94. The summed E-state index contributed by atoms with van der Waals surface area (Å²) in [5.41, 5.74) is 5.53. The number of hydrogen-bond donors (Lipinski definition) is 1. The maximum atomic E-state index is 10.4. The number of hydrogen-bond acceptors (Lipinski definition) is 1. The van der Waals surface area contributed by atoms with E-state index in [1.807, 2.05) is 6.07 Å². The molecule has 0 bridgehead atoms. The van der Waals surface area contributed by atoms with Gasteiger partial charge >= 0.3 is 0 Å². The molecule has 0 unspecified atom stereocenters. The van der Waals surface area contributed by atoms with Gasteiger partial charge in [-0.2, -0.15) is 0 Å². The summed E-state index contributed by atoms with van der Waals surface area (Å²) in [5.74, 6) is -0.379. The number of carbonyl (C=O) groups is 1. The Hall–Kier alpha value is -1.31. The molecule has 0 saturated heterocycles. The molecule has 0 fully saturated rings. The Balaban J connectivity index is 0.000000810. The van der Waals surface area contributed by atoms with Gasteiger partial charge in [-0.15, -0.1) is 0 Å². The summed E-state index contributed by atoms with van der Waals surface area (Å²) in [5, 5.41) is 0. The van der Waals surface area contributed by atoms with Gasteiger partial charge in [0.25, 0.3) is 0 Å². The molecule has 0 aliphatic carbocycles. The molecule has 2 nitrogen and oxygen atoms in total. The Kier molecular flexibility index (Phi) is 3.19. The van der Waals surface area contributed by atoms with Gasteiger partial charge in [0.15, 0.2) is 0 Å². The van der Waals surface area contributed by atoms with Crippen LogP contribution in [0.5, 0.6) is 0 Å². The molecule has 0 heterocycles. The molecule has 0 atom stereocenters. The molecule has 1 aromatic carbocycles. The lowest BCUT2D eigenvalue weighted by Gasteiger charge is -1.89. The summed E-state index contributed by atoms with van der Waals surface area (Å²) in [7, 11) is 0. The van der Waals surface area contributed by atoms with Crippen molar-refractivity contribution in [1.82, 2.24) is 0 Å². The van der Waals surface area contributed by atoms with Crippen LogP contribution in [0, 0.1) is 0 Å². The second-order valence-corrected chi connectivity index (χ2v) is 1.73. The molecule has 2 N–H and O–H groups in total.